The third-order valence-corrected chi connectivity index (χ3v) is 4.47. The minimum atomic E-state index is -0.326. The third kappa shape index (κ3) is 5.11. The predicted molar refractivity (Wildman–Crippen MR) is 75.7 cm³/mol. The fourth-order valence-electron chi connectivity index (χ4n) is 3.23. The second-order valence-electron chi connectivity index (χ2n) is 6.17. The van der Waals surface area contributed by atoms with Gasteiger partial charge in [-0.15, -0.1) is 0 Å². The molecule has 110 valence electrons. The van der Waals surface area contributed by atoms with Gasteiger partial charge in [0.1, 0.15) is 0 Å². The summed E-state index contributed by atoms with van der Waals surface area (Å²) < 4.78 is 5.41. The molecule has 1 aliphatic heterocycles. The van der Waals surface area contributed by atoms with Crippen molar-refractivity contribution in [2.45, 2.75) is 57.4 Å². The van der Waals surface area contributed by atoms with Gasteiger partial charge in [0.15, 0.2) is 0 Å². The molecule has 1 amide bonds. The van der Waals surface area contributed by atoms with Crippen LogP contribution in [0, 0.1) is 11.8 Å². The quantitative estimate of drug-likeness (QED) is 0.799. The van der Waals surface area contributed by atoms with Crippen LogP contribution in [-0.4, -0.2) is 31.7 Å². The third-order valence-electron chi connectivity index (χ3n) is 4.47. The monoisotopic (exact) mass is 268 g/mol. The molecule has 4 nitrogen and oxygen atoms in total. The number of carbonyl (C=O) groups excluding carboxylic acids is 1. The van der Waals surface area contributed by atoms with Crippen LogP contribution in [0.25, 0.3) is 0 Å². The van der Waals surface area contributed by atoms with Gasteiger partial charge in [-0.25, -0.2) is 0 Å². The first-order chi connectivity index (χ1) is 9.25. The molecule has 1 heterocycles. The molecule has 0 aromatic rings. The van der Waals surface area contributed by atoms with Crippen LogP contribution in [0.1, 0.15) is 51.4 Å². The number of carbonyl (C=O) groups is 1. The lowest BCUT2D eigenvalue weighted by Gasteiger charge is -2.25. The molecule has 0 aromatic heterocycles. The fraction of sp³-hybridized carbons (Fsp3) is 0.933. The molecule has 2 fully saturated rings. The Morgan fingerprint density at radius 1 is 1.16 bits per heavy atom. The van der Waals surface area contributed by atoms with Crippen molar-refractivity contribution < 1.29 is 9.53 Å². The lowest BCUT2D eigenvalue weighted by Crippen LogP contribution is -2.44. The van der Waals surface area contributed by atoms with E-state index in [0.717, 1.165) is 39.0 Å². The summed E-state index contributed by atoms with van der Waals surface area (Å²) in [5.41, 5.74) is 6.02. The van der Waals surface area contributed by atoms with Crippen LogP contribution in [0.15, 0.2) is 0 Å². The van der Waals surface area contributed by atoms with Crippen molar-refractivity contribution >= 4 is 5.91 Å². The van der Waals surface area contributed by atoms with E-state index in [2.05, 4.69) is 5.32 Å². The van der Waals surface area contributed by atoms with Gasteiger partial charge in [0.2, 0.25) is 5.91 Å². The number of nitrogens with two attached hydrogens (primary N) is 1. The van der Waals surface area contributed by atoms with Gasteiger partial charge in [0.25, 0.3) is 0 Å². The van der Waals surface area contributed by atoms with Crippen molar-refractivity contribution in [3.8, 4) is 0 Å². The molecule has 0 bridgehead atoms. The molecule has 1 saturated carbocycles. The van der Waals surface area contributed by atoms with Gasteiger partial charge < -0.3 is 15.8 Å². The average molecular weight is 268 g/mol. The second-order valence-corrected chi connectivity index (χ2v) is 6.17. The number of amides is 1. The molecule has 3 N–H and O–H groups in total. The van der Waals surface area contributed by atoms with E-state index in [4.69, 9.17) is 10.5 Å². The van der Waals surface area contributed by atoms with Crippen LogP contribution in [-0.2, 0) is 9.53 Å². The van der Waals surface area contributed by atoms with E-state index in [0.29, 0.717) is 11.8 Å². The van der Waals surface area contributed by atoms with Gasteiger partial charge in [-0.05, 0) is 31.1 Å². The topological polar surface area (TPSA) is 64.4 Å². The van der Waals surface area contributed by atoms with Crippen molar-refractivity contribution in [2.75, 3.05) is 19.8 Å². The second kappa shape index (κ2) is 7.85. The maximum atomic E-state index is 12.0. The first kappa shape index (κ1) is 14.8. The summed E-state index contributed by atoms with van der Waals surface area (Å²) in [5, 5.41) is 3.00. The fourth-order valence-corrected chi connectivity index (χ4v) is 3.23. The van der Waals surface area contributed by atoms with Crippen molar-refractivity contribution in [2.24, 2.45) is 17.6 Å². The SMILES string of the molecule is NC(CC1CCCCC1)C(=O)NCC1CCCOC1. The molecule has 0 aromatic carbocycles. The Labute approximate surface area is 116 Å². The first-order valence-corrected chi connectivity index (χ1v) is 7.86. The Kier molecular flexibility index (Phi) is 6.11. The average Bonchev–Trinajstić information content (AvgIpc) is 2.47. The minimum Gasteiger partial charge on any atom is -0.381 e. The Morgan fingerprint density at radius 3 is 2.58 bits per heavy atom. The number of nitrogens with one attached hydrogen (secondary N) is 1. The zero-order chi connectivity index (χ0) is 13.5. The van der Waals surface area contributed by atoms with E-state index in [1.807, 2.05) is 0 Å². The van der Waals surface area contributed by atoms with E-state index in [1.165, 1.54) is 32.1 Å². The number of hydrogen-bond donors (Lipinski definition) is 2. The Hall–Kier alpha value is -0.610. The Morgan fingerprint density at radius 2 is 1.89 bits per heavy atom. The van der Waals surface area contributed by atoms with Crippen LogP contribution >= 0.6 is 0 Å². The Bertz CT molecular complexity index is 271. The zero-order valence-corrected chi connectivity index (χ0v) is 11.9. The largest absolute Gasteiger partial charge is 0.381 e. The van der Waals surface area contributed by atoms with E-state index in [-0.39, 0.29) is 11.9 Å². The first-order valence-electron chi connectivity index (χ1n) is 7.86. The minimum absolute atomic E-state index is 0.0242. The van der Waals surface area contributed by atoms with Crippen molar-refractivity contribution in [1.82, 2.24) is 5.32 Å². The number of rotatable bonds is 5. The highest BCUT2D eigenvalue weighted by Crippen LogP contribution is 2.26. The summed E-state index contributed by atoms with van der Waals surface area (Å²) in [6.07, 6.45) is 9.56. The molecular formula is C15H28N2O2. The van der Waals surface area contributed by atoms with Gasteiger partial charge in [0.05, 0.1) is 12.6 Å². The molecule has 0 spiro atoms. The Balaban J connectivity index is 1.63. The summed E-state index contributed by atoms with van der Waals surface area (Å²) in [6, 6.07) is -0.326. The predicted octanol–water partition coefficient (Wildman–Crippen LogP) is 1.83. The summed E-state index contributed by atoms with van der Waals surface area (Å²) in [6.45, 7) is 2.36. The van der Waals surface area contributed by atoms with Crippen LogP contribution in [0.2, 0.25) is 0 Å². The normalized spacial score (nSPS) is 26.9. The molecule has 2 atom stereocenters. The maximum absolute atomic E-state index is 12.0. The van der Waals surface area contributed by atoms with Gasteiger partial charge in [0, 0.05) is 13.2 Å². The maximum Gasteiger partial charge on any atom is 0.236 e. The summed E-state index contributed by atoms with van der Waals surface area (Å²) in [4.78, 5) is 12.0. The molecular weight excluding hydrogens is 240 g/mol. The summed E-state index contributed by atoms with van der Waals surface area (Å²) in [7, 11) is 0. The van der Waals surface area contributed by atoms with E-state index < -0.39 is 0 Å². The molecule has 0 radical (unpaired) electrons. The highest BCUT2D eigenvalue weighted by Gasteiger charge is 2.22. The van der Waals surface area contributed by atoms with Crippen LogP contribution < -0.4 is 11.1 Å². The van der Waals surface area contributed by atoms with Gasteiger partial charge in [-0.2, -0.15) is 0 Å². The molecule has 2 rings (SSSR count). The lowest BCUT2D eigenvalue weighted by molar-refractivity contribution is -0.123. The number of hydrogen-bond acceptors (Lipinski definition) is 3. The number of ether oxygens (including phenoxy) is 1. The highest BCUT2D eigenvalue weighted by atomic mass is 16.5. The molecule has 2 unspecified atom stereocenters. The summed E-state index contributed by atoms with van der Waals surface area (Å²) in [5.74, 6) is 1.16. The van der Waals surface area contributed by atoms with E-state index in [1.54, 1.807) is 0 Å². The van der Waals surface area contributed by atoms with E-state index in [9.17, 15) is 4.79 Å². The molecule has 19 heavy (non-hydrogen) atoms. The highest BCUT2D eigenvalue weighted by molar-refractivity contribution is 5.81. The van der Waals surface area contributed by atoms with Crippen LogP contribution in [0.5, 0.6) is 0 Å². The standard InChI is InChI=1S/C15H28N2O2/c16-14(9-12-5-2-1-3-6-12)15(18)17-10-13-7-4-8-19-11-13/h12-14H,1-11,16H2,(H,17,18). The molecule has 2 aliphatic rings. The summed E-state index contributed by atoms with van der Waals surface area (Å²) >= 11 is 0. The van der Waals surface area contributed by atoms with Crippen molar-refractivity contribution in [1.29, 1.82) is 0 Å². The van der Waals surface area contributed by atoms with Gasteiger partial charge in [-0.3, -0.25) is 4.79 Å². The smallest absolute Gasteiger partial charge is 0.236 e. The van der Waals surface area contributed by atoms with Crippen LogP contribution in [0.4, 0.5) is 0 Å². The molecule has 4 heteroatoms. The van der Waals surface area contributed by atoms with Gasteiger partial charge in [-0.1, -0.05) is 32.1 Å². The zero-order valence-electron chi connectivity index (χ0n) is 11.9. The lowest BCUT2D eigenvalue weighted by atomic mass is 9.85. The van der Waals surface area contributed by atoms with Gasteiger partial charge >= 0.3 is 0 Å². The van der Waals surface area contributed by atoms with E-state index >= 15 is 0 Å². The van der Waals surface area contributed by atoms with Crippen molar-refractivity contribution in [3.05, 3.63) is 0 Å². The molecule has 1 aliphatic carbocycles. The van der Waals surface area contributed by atoms with Crippen LogP contribution in [0.3, 0.4) is 0 Å². The molecule has 1 saturated heterocycles. The van der Waals surface area contributed by atoms with Crippen molar-refractivity contribution in [3.63, 3.8) is 0 Å².